The van der Waals surface area contributed by atoms with Crippen molar-refractivity contribution in [2.24, 2.45) is 5.41 Å². The van der Waals surface area contributed by atoms with Gasteiger partial charge in [-0.1, -0.05) is 6.92 Å². The van der Waals surface area contributed by atoms with E-state index in [2.05, 4.69) is 10.3 Å². The predicted molar refractivity (Wildman–Crippen MR) is 65.8 cm³/mol. The highest BCUT2D eigenvalue weighted by Crippen LogP contribution is 2.20. The number of amides is 1. The number of carbonyl (C=O) groups is 2. The number of carboxylic acids is 1. The molecule has 1 aromatic heterocycles. The Labute approximate surface area is 109 Å². The van der Waals surface area contributed by atoms with Gasteiger partial charge in [-0.3, -0.25) is 19.7 Å². The number of carbonyl (C=O) groups excluding carboxylic acids is 1. The molecule has 0 aromatic carbocycles. The number of hydrogen-bond donors (Lipinski definition) is 3. The summed E-state index contributed by atoms with van der Waals surface area (Å²) in [5, 5.41) is 22.0. The molecule has 0 aliphatic carbocycles. The molecule has 1 rings (SSSR count). The quantitative estimate of drug-likeness (QED) is 0.527. The first kappa shape index (κ1) is 14.7. The van der Waals surface area contributed by atoms with Crippen molar-refractivity contribution in [2.75, 3.05) is 6.54 Å². The van der Waals surface area contributed by atoms with Crippen LogP contribution in [-0.2, 0) is 4.79 Å². The molecule has 0 saturated carbocycles. The third-order valence-electron chi connectivity index (χ3n) is 3.06. The van der Waals surface area contributed by atoms with Gasteiger partial charge in [0.15, 0.2) is 0 Å². The third-order valence-corrected chi connectivity index (χ3v) is 3.06. The van der Waals surface area contributed by atoms with Crippen LogP contribution in [0.1, 0.15) is 30.8 Å². The van der Waals surface area contributed by atoms with Gasteiger partial charge >= 0.3 is 5.97 Å². The van der Waals surface area contributed by atoms with E-state index in [0.29, 0.717) is 6.42 Å². The van der Waals surface area contributed by atoms with Crippen LogP contribution in [0.4, 0.5) is 5.69 Å². The molecule has 1 atom stereocenters. The summed E-state index contributed by atoms with van der Waals surface area (Å²) < 4.78 is 0. The molecule has 8 nitrogen and oxygen atoms in total. The highest BCUT2D eigenvalue weighted by molar-refractivity contribution is 5.93. The van der Waals surface area contributed by atoms with Crippen LogP contribution in [0.25, 0.3) is 0 Å². The summed E-state index contributed by atoms with van der Waals surface area (Å²) in [6, 6.07) is 1.10. The number of nitrogens with one attached hydrogen (secondary N) is 2. The first-order chi connectivity index (χ1) is 8.80. The summed E-state index contributed by atoms with van der Waals surface area (Å²) >= 11 is 0. The monoisotopic (exact) mass is 269 g/mol. The highest BCUT2D eigenvalue weighted by atomic mass is 16.6. The molecule has 0 aliphatic rings. The van der Waals surface area contributed by atoms with Crippen molar-refractivity contribution in [1.29, 1.82) is 0 Å². The molecule has 104 valence electrons. The van der Waals surface area contributed by atoms with Gasteiger partial charge in [0.25, 0.3) is 11.6 Å². The number of aromatic nitrogens is 1. The van der Waals surface area contributed by atoms with Gasteiger partial charge in [-0.2, -0.15) is 0 Å². The molecule has 1 amide bonds. The van der Waals surface area contributed by atoms with Gasteiger partial charge in [-0.15, -0.1) is 0 Å². The predicted octanol–water partition coefficient (Wildman–Crippen LogP) is 1.15. The topological polar surface area (TPSA) is 125 Å². The lowest BCUT2D eigenvalue weighted by molar-refractivity contribution is -0.384. The molecule has 19 heavy (non-hydrogen) atoms. The summed E-state index contributed by atoms with van der Waals surface area (Å²) in [4.78, 5) is 35.1. The fourth-order valence-electron chi connectivity index (χ4n) is 1.34. The molecule has 1 aromatic rings. The molecule has 0 spiro atoms. The van der Waals surface area contributed by atoms with Crippen molar-refractivity contribution < 1.29 is 19.6 Å². The molecule has 1 unspecified atom stereocenters. The Morgan fingerprint density at radius 2 is 2.21 bits per heavy atom. The lowest BCUT2D eigenvalue weighted by Crippen LogP contribution is -2.40. The first-order valence-corrected chi connectivity index (χ1v) is 5.64. The van der Waals surface area contributed by atoms with Crippen molar-refractivity contribution in [3.8, 4) is 0 Å². The molecular formula is C11H15N3O5. The van der Waals surface area contributed by atoms with Crippen LogP contribution in [0.3, 0.4) is 0 Å². The molecular weight excluding hydrogens is 254 g/mol. The number of nitrogens with zero attached hydrogens (tertiary/aromatic N) is 1. The number of hydrogen-bond acceptors (Lipinski definition) is 4. The van der Waals surface area contributed by atoms with E-state index >= 15 is 0 Å². The number of nitro groups is 1. The maximum absolute atomic E-state index is 11.7. The van der Waals surface area contributed by atoms with Crippen LogP contribution in [0.5, 0.6) is 0 Å². The first-order valence-electron chi connectivity index (χ1n) is 5.64. The second kappa shape index (κ2) is 5.51. The molecule has 1 heterocycles. The summed E-state index contributed by atoms with van der Waals surface area (Å²) in [5.41, 5.74) is -1.26. The highest BCUT2D eigenvalue weighted by Gasteiger charge is 2.31. The van der Waals surface area contributed by atoms with E-state index in [1.54, 1.807) is 6.92 Å². The number of H-pyrrole nitrogens is 1. The van der Waals surface area contributed by atoms with Crippen molar-refractivity contribution in [1.82, 2.24) is 10.3 Å². The number of rotatable bonds is 6. The average Bonchev–Trinajstić information content (AvgIpc) is 2.85. The van der Waals surface area contributed by atoms with Gasteiger partial charge in [0, 0.05) is 12.6 Å². The maximum atomic E-state index is 11.7. The largest absolute Gasteiger partial charge is 0.481 e. The van der Waals surface area contributed by atoms with E-state index in [0.717, 1.165) is 12.3 Å². The molecule has 0 fully saturated rings. The van der Waals surface area contributed by atoms with E-state index in [9.17, 15) is 19.7 Å². The number of aliphatic carboxylic acids is 1. The summed E-state index contributed by atoms with van der Waals surface area (Å²) in [6.07, 6.45) is 1.46. The zero-order valence-corrected chi connectivity index (χ0v) is 10.6. The van der Waals surface area contributed by atoms with Gasteiger partial charge in [0.2, 0.25) is 0 Å². The standard InChI is InChI=1S/C11H15N3O5/c1-3-11(2,10(16)17)6-13-9(15)8-4-7(5-12-8)14(18)19/h4-5,12H,3,6H2,1-2H3,(H,13,15)(H,16,17). The van der Waals surface area contributed by atoms with Gasteiger partial charge in [-0.25, -0.2) is 0 Å². The minimum Gasteiger partial charge on any atom is -0.481 e. The summed E-state index contributed by atoms with van der Waals surface area (Å²) in [6.45, 7) is 3.18. The zero-order valence-electron chi connectivity index (χ0n) is 10.6. The SMILES string of the molecule is CCC(C)(CNC(=O)c1cc([N+](=O)[O-])c[nH]1)C(=O)O. The van der Waals surface area contributed by atoms with E-state index < -0.39 is 22.2 Å². The smallest absolute Gasteiger partial charge is 0.311 e. The van der Waals surface area contributed by atoms with Crippen molar-refractivity contribution in [2.45, 2.75) is 20.3 Å². The molecule has 8 heteroatoms. The van der Waals surface area contributed by atoms with Gasteiger partial charge in [0.1, 0.15) is 5.69 Å². The Morgan fingerprint density at radius 3 is 2.63 bits per heavy atom. The van der Waals surface area contributed by atoms with E-state index in [1.807, 2.05) is 0 Å². The second-order valence-corrected chi connectivity index (χ2v) is 4.43. The number of carboxylic acid groups (broad SMARTS) is 1. The lowest BCUT2D eigenvalue weighted by Gasteiger charge is -2.22. The van der Waals surface area contributed by atoms with E-state index in [4.69, 9.17) is 5.11 Å². The molecule has 0 radical (unpaired) electrons. The Morgan fingerprint density at radius 1 is 1.58 bits per heavy atom. The third kappa shape index (κ3) is 3.30. The van der Waals surface area contributed by atoms with Crippen LogP contribution < -0.4 is 5.32 Å². The fourth-order valence-corrected chi connectivity index (χ4v) is 1.34. The molecule has 3 N–H and O–H groups in total. The Balaban J connectivity index is 2.69. The summed E-state index contributed by atoms with van der Waals surface area (Å²) in [7, 11) is 0. The van der Waals surface area contributed by atoms with Gasteiger partial charge in [-0.05, 0) is 13.3 Å². The Hall–Kier alpha value is -2.38. The van der Waals surface area contributed by atoms with E-state index in [-0.39, 0.29) is 17.9 Å². The van der Waals surface area contributed by atoms with Crippen molar-refractivity contribution in [3.63, 3.8) is 0 Å². The Kier molecular flexibility index (Phi) is 4.26. The van der Waals surface area contributed by atoms with E-state index in [1.165, 1.54) is 6.92 Å². The van der Waals surface area contributed by atoms with Crippen LogP contribution >= 0.6 is 0 Å². The second-order valence-electron chi connectivity index (χ2n) is 4.43. The normalized spacial score (nSPS) is 13.6. The maximum Gasteiger partial charge on any atom is 0.311 e. The van der Waals surface area contributed by atoms with Crippen LogP contribution in [0.2, 0.25) is 0 Å². The van der Waals surface area contributed by atoms with Gasteiger partial charge in [0.05, 0.1) is 16.5 Å². The Bertz CT molecular complexity index is 510. The zero-order chi connectivity index (χ0) is 14.6. The minimum absolute atomic E-state index is 0.0236. The van der Waals surface area contributed by atoms with Crippen molar-refractivity contribution in [3.05, 3.63) is 28.1 Å². The minimum atomic E-state index is -1.06. The number of aromatic amines is 1. The fraction of sp³-hybridized carbons (Fsp3) is 0.455. The van der Waals surface area contributed by atoms with Crippen LogP contribution in [0.15, 0.2) is 12.3 Å². The van der Waals surface area contributed by atoms with Crippen molar-refractivity contribution >= 4 is 17.6 Å². The molecule has 0 aliphatic heterocycles. The van der Waals surface area contributed by atoms with Crippen LogP contribution in [0, 0.1) is 15.5 Å². The van der Waals surface area contributed by atoms with Gasteiger partial charge < -0.3 is 15.4 Å². The molecule has 0 saturated heterocycles. The molecule has 0 bridgehead atoms. The lowest BCUT2D eigenvalue weighted by atomic mass is 9.88. The van der Waals surface area contributed by atoms with Crippen LogP contribution in [-0.4, -0.2) is 33.4 Å². The average molecular weight is 269 g/mol. The summed E-state index contributed by atoms with van der Waals surface area (Å²) in [5.74, 6) is -1.58.